The van der Waals surface area contributed by atoms with Crippen LogP contribution in [-0.4, -0.2) is 68.3 Å². The number of ether oxygens (including phenoxy) is 3. The lowest BCUT2D eigenvalue weighted by molar-refractivity contribution is -0.133. The van der Waals surface area contributed by atoms with Crippen LogP contribution in [0.5, 0.6) is 17.2 Å². The minimum Gasteiger partial charge on any atom is -0.492 e. The third kappa shape index (κ3) is 5.91. The molecule has 1 fully saturated rings. The lowest BCUT2D eigenvalue weighted by Crippen LogP contribution is -2.49. The Morgan fingerprint density at radius 2 is 1.77 bits per heavy atom. The van der Waals surface area contributed by atoms with E-state index in [1.807, 2.05) is 35.2 Å². The molecule has 0 aromatic heterocycles. The van der Waals surface area contributed by atoms with Crippen LogP contribution in [0.1, 0.15) is 24.0 Å². The van der Waals surface area contributed by atoms with Crippen molar-refractivity contribution in [3.05, 3.63) is 53.6 Å². The quantitative estimate of drug-likeness (QED) is 0.651. The molecule has 0 bridgehead atoms. The molecule has 0 N–H and O–H groups in total. The van der Waals surface area contributed by atoms with Gasteiger partial charge in [0.1, 0.15) is 25.6 Å². The number of aryl methyl sites for hydroxylation is 2. The van der Waals surface area contributed by atoms with Gasteiger partial charge in [0.15, 0.2) is 11.5 Å². The lowest BCUT2D eigenvalue weighted by atomic mass is 10.1. The van der Waals surface area contributed by atoms with Crippen LogP contribution in [0.2, 0.25) is 0 Å². The predicted octanol–water partition coefficient (Wildman–Crippen LogP) is 3.31. The number of nitrogens with zero attached hydrogens (tertiary/aromatic N) is 2. The van der Waals surface area contributed by atoms with Crippen molar-refractivity contribution in [2.45, 2.75) is 26.2 Å². The molecular weight excluding hydrogens is 392 g/mol. The molecule has 2 aliphatic heterocycles. The summed E-state index contributed by atoms with van der Waals surface area (Å²) in [7, 11) is 0. The molecule has 0 aliphatic carbocycles. The Labute approximate surface area is 184 Å². The summed E-state index contributed by atoms with van der Waals surface area (Å²) >= 11 is 0. The normalized spacial score (nSPS) is 16.2. The van der Waals surface area contributed by atoms with E-state index in [-0.39, 0.29) is 5.91 Å². The highest BCUT2D eigenvalue weighted by molar-refractivity contribution is 5.76. The van der Waals surface area contributed by atoms with E-state index < -0.39 is 0 Å². The van der Waals surface area contributed by atoms with Crippen LogP contribution in [-0.2, 0) is 11.2 Å². The van der Waals surface area contributed by atoms with Crippen LogP contribution in [0.4, 0.5) is 0 Å². The number of rotatable bonds is 8. The number of fused-ring (bicyclic) bond motifs is 1. The van der Waals surface area contributed by atoms with Crippen molar-refractivity contribution in [3.63, 3.8) is 0 Å². The van der Waals surface area contributed by atoms with Crippen LogP contribution in [0.3, 0.4) is 0 Å². The molecule has 0 spiro atoms. The molecule has 166 valence electrons. The van der Waals surface area contributed by atoms with Gasteiger partial charge >= 0.3 is 0 Å². The van der Waals surface area contributed by atoms with Crippen molar-refractivity contribution >= 4 is 5.91 Å². The maximum absolute atomic E-state index is 12.6. The summed E-state index contributed by atoms with van der Waals surface area (Å²) in [6.45, 7) is 8.24. The minimum atomic E-state index is 0.258. The van der Waals surface area contributed by atoms with E-state index in [1.54, 1.807) is 0 Å². The van der Waals surface area contributed by atoms with E-state index in [0.717, 1.165) is 68.4 Å². The topological polar surface area (TPSA) is 51.2 Å². The van der Waals surface area contributed by atoms with Gasteiger partial charge in [-0.25, -0.2) is 0 Å². The summed E-state index contributed by atoms with van der Waals surface area (Å²) in [6, 6.07) is 14.2. The number of piperazine rings is 1. The lowest BCUT2D eigenvalue weighted by Gasteiger charge is -2.34. The summed E-state index contributed by atoms with van der Waals surface area (Å²) < 4.78 is 17.1. The molecule has 1 saturated heterocycles. The third-order valence-electron chi connectivity index (χ3n) is 5.95. The molecule has 2 aromatic carbocycles. The van der Waals surface area contributed by atoms with Crippen LogP contribution in [0, 0.1) is 6.92 Å². The van der Waals surface area contributed by atoms with Crippen LogP contribution in [0.15, 0.2) is 42.5 Å². The molecule has 2 aromatic rings. The Morgan fingerprint density at radius 1 is 1.00 bits per heavy atom. The molecule has 6 heteroatoms. The third-order valence-corrected chi connectivity index (χ3v) is 5.95. The van der Waals surface area contributed by atoms with Gasteiger partial charge in [-0.2, -0.15) is 0 Å². The van der Waals surface area contributed by atoms with Crippen molar-refractivity contribution in [1.29, 1.82) is 0 Å². The molecule has 6 nitrogen and oxygen atoms in total. The highest BCUT2D eigenvalue weighted by Crippen LogP contribution is 2.31. The van der Waals surface area contributed by atoms with E-state index >= 15 is 0 Å². The Kier molecular flexibility index (Phi) is 7.30. The number of benzene rings is 2. The first-order chi connectivity index (χ1) is 15.2. The Bertz CT molecular complexity index is 878. The van der Waals surface area contributed by atoms with Crippen molar-refractivity contribution in [1.82, 2.24) is 9.80 Å². The van der Waals surface area contributed by atoms with Crippen molar-refractivity contribution in [3.8, 4) is 17.2 Å². The number of carbonyl (C=O) groups is 1. The highest BCUT2D eigenvalue weighted by atomic mass is 16.6. The van der Waals surface area contributed by atoms with Crippen LogP contribution < -0.4 is 14.2 Å². The first-order valence-corrected chi connectivity index (χ1v) is 11.3. The summed E-state index contributed by atoms with van der Waals surface area (Å²) in [5, 5.41) is 0. The average molecular weight is 425 g/mol. The standard InChI is InChI=1S/C25H32N2O4/c1-20-5-2-3-7-22(20)29-16-15-26-11-13-27(14-12-26)25(28)8-4-6-21-9-10-23-24(19-21)31-18-17-30-23/h2-3,5,7,9-10,19H,4,6,8,11-18H2,1H3. The van der Waals surface area contributed by atoms with Crippen LogP contribution in [0.25, 0.3) is 0 Å². The molecule has 1 amide bonds. The first kappa shape index (κ1) is 21.5. The first-order valence-electron chi connectivity index (χ1n) is 11.3. The second-order valence-electron chi connectivity index (χ2n) is 8.17. The Balaban J connectivity index is 1.13. The monoisotopic (exact) mass is 424 g/mol. The zero-order valence-electron chi connectivity index (χ0n) is 18.3. The molecule has 0 saturated carbocycles. The van der Waals surface area contributed by atoms with Gasteiger partial charge in [-0.15, -0.1) is 0 Å². The van der Waals surface area contributed by atoms with Gasteiger partial charge < -0.3 is 19.1 Å². The molecule has 31 heavy (non-hydrogen) atoms. The summed E-state index contributed by atoms with van der Waals surface area (Å²) in [5.41, 5.74) is 2.35. The summed E-state index contributed by atoms with van der Waals surface area (Å²) in [4.78, 5) is 17.0. The number of hydrogen-bond donors (Lipinski definition) is 0. The van der Waals surface area contributed by atoms with Gasteiger partial charge in [0.2, 0.25) is 5.91 Å². The van der Waals surface area contributed by atoms with Gasteiger partial charge in [-0.05, 0) is 49.1 Å². The fourth-order valence-electron chi connectivity index (χ4n) is 4.07. The molecule has 2 heterocycles. The smallest absolute Gasteiger partial charge is 0.222 e. The Hall–Kier alpha value is -2.73. The molecule has 0 radical (unpaired) electrons. The summed E-state index contributed by atoms with van der Waals surface area (Å²) in [6.07, 6.45) is 2.31. The highest BCUT2D eigenvalue weighted by Gasteiger charge is 2.20. The molecule has 0 atom stereocenters. The zero-order chi connectivity index (χ0) is 21.5. The number of para-hydroxylation sites is 1. The van der Waals surface area contributed by atoms with Gasteiger partial charge in [0.05, 0.1) is 0 Å². The molecule has 2 aliphatic rings. The molecular formula is C25H32N2O4. The van der Waals surface area contributed by atoms with Crippen molar-refractivity contribution in [2.24, 2.45) is 0 Å². The van der Waals surface area contributed by atoms with Gasteiger partial charge in [-0.1, -0.05) is 24.3 Å². The predicted molar refractivity (Wildman–Crippen MR) is 120 cm³/mol. The number of hydrogen-bond acceptors (Lipinski definition) is 5. The summed E-state index contributed by atoms with van der Waals surface area (Å²) in [5.74, 6) is 2.84. The fourth-order valence-corrected chi connectivity index (χ4v) is 4.07. The van der Waals surface area contributed by atoms with Crippen molar-refractivity contribution < 1.29 is 19.0 Å². The van der Waals surface area contributed by atoms with Gasteiger partial charge in [-0.3, -0.25) is 9.69 Å². The second-order valence-corrected chi connectivity index (χ2v) is 8.17. The van der Waals surface area contributed by atoms with Crippen LogP contribution >= 0.6 is 0 Å². The SMILES string of the molecule is Cc1ccccc1OCCN1CCN(C(=O)CCCc2ccc3c(c2)OCCO3)CC1. The number of carbonyl (C=O) groups excluding carboxylic acids is 1. The maximum atomic E-state index is 12.6. The van der Waals surface area contributed by atoms with E-state index in [9.17, 15) is 4.79 Å². The average Bonchev–Trinajstić information content (AvgIpc) is 2.80. The minimum absolute atomic E-state index is 0.258. The van der Waals surface area contributed by atoms with Gasteiger partial charge in [0, 0.05) is 39.1 Å². The van der Waals surface area contributed by atoms with Gasteiger partial charge in [0.25, 0.3) is 0 Å². The maximum Gasteiger partial charge on any atom is 0.222 e. The van der Waals surface area contributed by atoms with E-state index in [1.165, 1.54) is 5.56 Å². The molecule has 0 unspecified atom stereocenters. The second kappa shape index (κ2) is 10.5. The van der Waals surface area contributed by atoms with E-state index in [0.29, 0.717) is 26.2 Å². The largest absolute Gasteiger partial charge is 0.492 e. The van der Waals surface area contributed by atoms with E-state index in [4.69, 9.17) is 14.2 Å². The Morgan fingerprint density at radius 3 is 2.58 bits per heavy atom. The number of amides is 1. The van der Waals surface area contributed by atoms with Crippen molar-refractivity contribution in [2.75, 3.05) is 52.5 Å². The zero-order valence-corrected chi connectivity index (χ0v) is 18.3. The van der Waals surface area contributed by atoms with E-state index in [2.05, 4.69) is 24.0 Å². The fraction of sp³-hybridized carbons (Fsp3) is 0.480. The molecule has 4 rings (SSSR count).